The molecular formula is C20H33IN4O. The summed E-state index contributed by atoms with van der Waals surface area (Å²) >= 11 is 0. The zero-order valence-electron chi connectivity index (χ0n) is 16.0. The third-order valence-corrected chi connectivity index (χ3v) is 4.89. The standard InChI is InChI=1S/C20H32N4O.HI/c1-3-22-20(23-12-11-16-6-4-5-15(2)13-16)24-14-17-7-9-18(10-8-17)19(21)25;/h7-10,15-16H,3-6,11-14H2,1-2H3,(H2,21,25)(H2,22,23,24);1H. The Morgan fingerprint density at radius 1 is 1.23 bits per heavy atom. The summed E-state index contributed by atoms with van der Waals surface area (Å²) in [4.78, 5) is 15.7. The lowest BCUT2D eigenvalue weighted by molar-refractivity contribution is 0.100. The molecule has 1 aromatic rings. The Labute approximate surface area is 174 Å². The largest absolute Gasteiger partial charge is 0.366 e. The number of hydrogen-bond acceptors (Lipinski definition) is 2. The van der Waals surface area contributed by atoms with Gasteiger partial charge < -0.3 is 16.4 Å². The molecule has 0 aliphatic heterocycles. The summed E-state index contributed by atoms with van der Waals surface area (Å²) in [7, 11) is 0. The average molecular weight is 472 g/mol. The van der Waals surface area contributed by atoms with Crippen LogP contribution in [0.15, 0.2) is 29.3 Å². The molecule has 0 heterocycles. The van der Waals surface area contributed by atoms with E-state index in [4.69, 9.17) is 5.73 Å². The summed E-state index contributed by atoms with van der Waals surface area (Å²) in [6.45, 7) is 6.82. The van der Waals surface area contributed by atoms with Gasteiger partial charge in [0, 0.05) is 18.7 Å². The summed E-state index contributed by atoms with van der Waals surface area (Å²) in [6.07, 6.45) is 6.71. The second-order valence-corrected chi connectivity index (χ2v) is 7.11. The molecule has 146 valence electrons. The van der Waals surface area contributed by atoms with E-state index in [9.17, 15) is 4.79 Å². The van der Waals surface area contributed by atoms with Crippen LogP contribution in [0.5, 0.6) is 0 Å². The number of benzene rings is 1. The van der Waals surface area contributed by atoms with E-state index >= 15 is 0 Å². The van der Waals surface area contributed by atoms with Crippen molar-refractivity contribution in [2.24, 2.45) is 22.6 Å². The molecule has 0 saturated heterocycles. The Hall–Kier alpha value is -1.31. The van der Waals surface area contributed by atoms with Crippen LogP contribution >= 0.6 is 24.0 Å². The van der Waals surface area contributed by atoms with Crippen LogP contribution in [0.4, 0.5) is 0 Å². The Balaban J connectivity index is 0.00000338. The van der Waals surface area contributed by atoms with Gasteiger partial charge in [0.1, 0.15) is 0 Å². The molecule has 1 amide bonds. The lowest BCUT2D eigenvalue weighted by Crippen LogP contribution is -2.38. The maximum atomic E-state index is 11.1. The van der Waals surface area contributed by atoms with Crippen molar-refractivity contribution in [1.82, 2.24) is 10.6 Å². The number of guanidine groups is 1. The molecule has 2 unspecified atom stereocenters. The number of halogens is 1. The van der Waals surface area contributed by atoms with Crippen molar-refractivity contribution >= 4 is 35.8 Å². The van der Waals surface area contributed by atoms with Crippen LogP contribution in [-0.4, -0.2) is 25.0 Å². The molecule has 1 fully saturated rings. The molecule has 0 spiro atoms. The number of nitrogens with zero attached hydrogens (tertiary/aromatic N) is 1. The molecule has 5 nitrogen and oxygen atoms in total. The summed E-state index contributed by atoms with van der Waals surface area (Å²) < 4.78 is 0. The van der Waals surface area contributed by atoms with Crippen LogP contribution in [0.1, 0.15) is 61.9 Å². The van der Waals surface area contributed by atoms with Crippen molar-refractivity contribution in [1.29, 1.82) is 0 Å². The second kappa shape index (κ2) is 12.1. The van der Waals surface area contributed by atoms with E-state index < -0.39 is 5.91 Å². The Morgan fingerprint density at radius 2 is 1.96 bits per heavy atom. The number of primary amides is 1. The van der Waals surface area contributed by atoms with E-state index in [1.807, 2.05) is 12.1 Å². The molecule has 0 radical (unpaired) electrons. The van der Waals surface area contributed by atoms with E-state index in [0.29, 0.717) is 12.1 Å². The van der Waals surface area contributed by atoms with Crippen molar-refractivity contribution < 1.29 is 4.79 Å². The fraction of sp³-hybridized carbons (Fsp3) is 0.600. The number of hydrogen-bond donors (Lipinski definition) is 3. The predicted molar refractivity (Wildman–Crippen MR) is 119 cm³/mol. The molecule has 1 aromatic carbocycles. The zero-order chi connectivity index (χ0) is 18.1. The van der Waals surface area contributed by atoms with Gasteiger partial charge in [-0.2, -0.15) is 0 Å². The van der Waals surface area contributed by atoms with Gasteiger partial charge in [0.2, 0.25) is 5.91 Å². The van der Waals surface area contributed by atoms with Crippen molar-refractivity contribution in [3.8, 4) is 0 Å². The van der Waals surface area contributed by atoms with Crippen LogP contribution < -0.4 is 16.4 Å². The van der Waals surface area contributed by atoms with E-state index in [2.05, 4.69) is 29.5 Å². The molecule has 4 N–H and O–H groups in total. The number of nitrogens with one attached hydrogen (secondary N) is 2. The summed E-state index contributed by atoms with van der Waals surface area (Å²) in [5, 5.41) is 6.74. The van der Waals surface area contributed by atoms with E-state index in [1.165, 1.54) is 32.1 Å². The molecule has 0 aromatic heterocycles. The molecule has 1 aliphatic rings. The van der Waals surface area contributed by atoms with Gasteiger partial charge in [-0.25, -0.2) is 4.99 Å². The molecule has 1 saturated carbocycles. The minimum atomic E-state index is -0.401. The molecule has 1 aliphatic carbocycles. The first kappa shape index (κ1) is 22.7. The van der Waals surface area contributed by atoms with Gasteiger partial charge >= 0.3 is 0 Å². The van der Waals surface area contributed by atoms with Crippen LogP contribution in [0.2, 0.25) is 0 Å². The van der Waals surface area contributed by atoms with E-state index in [-0.39, 0.29) is 24.0 Å². The SMILES string of the molecule is CCNC(=NCc1ccc(C(N)=O)cc1)NCCC1CCCC(C)C1.I. The minimum absolute atomic E-state index is 0. The van der Waals surface area contributed by atoms with Gasteiger partial charge in [-0.1, -0.05) is 38.3 Å². The quantitative estimate of drug-likeness (QED) is 0.322. The zero-order valence-corrected chi connectivity index (χ0v) is 18.3. The first-order valence-corrected chi connectivity index (χ1v) is 9.49. The van der Waals surface area contributed by atoms with Crippen molar-refractivity contribution in [3.05, 3.63) is 35.4 Å². The molecule has 0 bridgehead atoms. The maximum absolute atomic E-state index is 11.1. The maximum Gasteiger partial charge on any atom is 0.248 e. The fourth-order valence-electron chi connectivity index (χ4n) is 3.50. The first-order valence-electron chi connectivity index (χ1n) is 9.49. The highest BCUT2D eigenvalue weighted by molar-refractivity contribution is 14.0. The van der Waals surface area contributed by atoms with Gasteiger partial charge in [-0.15, -0.1) is 24.0 Å². The number of carbonyl (C=O) groups is 1. The fourth-order valence-corrected chi connectivity index (χ4v) is 3.50. The van der Waals surface area contributed by atoms with Gasteiger partial charge in [0.05, 0.1) is 6.54 Å². The highest BCUT2D eigenvalue weighted by Gasteiger charge is 2.18. The topological polar surface area (TPSA) is 79.5 Å². The van der Waals surface area contributed by atoms with Gasteiger partial charge in [0.25, 0.3) is 0 Å². The monoisotopic (exact) mass is 472 g/mol. The molecular weight excluding hydrogens is 439 g/mol. The van der Waals surface area contributed by atoms with E-state index in [0.717, 1.165) is 36.4 Å². The van der Waals surface area contributed by atoms with Crippen LogP contribution in [-0.2, 0) is 6.54 Å². The third-order valence-electron chi connectivity index (χ3n) is 4.89. The smallest absolute Gasteiger partial charge is 0.248 e. The number of amides is 1. The summed E-state index contributed by atoms with van der Waals surface area (Å²) in [6, 6.07) is 7.29. The molecule has 6 heteroatoms. The average Bonchev–Trinajstić information content (AvgIpc) is 2.60. The highest BCUT2D eigenvalue weighted by Crippen LogP contribution is 2.30. The van der Waals surface area contributed by atoms with Crippen molar-refractivity contribution in [2.75, 3.05) is 13.1 Å². The minimum Gasteiger partial charge on any atom is -0.366 e. The van der Waals surface area contributed by atoms with Gasteiger partial charge in [-0.05, 0) is 49.3 Å². The summed E-state index contributed by atoms with van der Waals surface area (Å²) in [5.41, 5.74) is 6.85. The van der Waals surface area contributed by atoms with Gasteiger partial charge in [0.15, 0.2) is 5.96 Å². The Morgan fingerprint density at radius 3 is 2.58 bits per heavy atom. The third kappa shape index (κ3) is 7.93. The highest BCUT2D eigenvalue weighted by atomic mass is 127. The molecule has 26 heavy (non-hydrogen) atoms. The van der Waals surface area contributed by atoms with Crippen LogP contribution in [0, 0.1) is 11.8 Å². The Bertz CT molecular complexity index is 574. The normalized spacial score (nSPS) is 20.2. The number of carbonyl (C=O) groups excluding carboxylic acids is 1. The molecule has 2 rings (SSSR count). The number of rotatable bonds is 7. The number of nitrogens with two attached hydrogens (primary N) is 1. The lowest BCUT2D eigenvalue weighted by atomic mass is 9.81. The number of aliphatic imine (C=N–C) groups is 1. The first-order chi connectivity index (χ1) is 12.1. The predicted octanol–water partition coefficient (Wildman–Crippen LogP) is 3.68. The lowest BCUT2D eigenvalue weighted by Gasteiger charge is -2.26. The molecule has 2 atom stereocenters. The van der Waals surface area contributed by atoms with Crippen LogP contribution in [0.25, 0.3) is 0 Å². The van der Waals surface area contributed by atoms with Crippen LogP contribution in [0.3, 0.4) is 0 Å². The van der Waals surface area contributed by atoms with Crippen molar-refractivity contribution in [2.45, 2.75) is 52.5 Å². The van der Waals surface area contributed by atoms with Gasteiger partial charge in [-0.3, -0.25) is 4.79 Å². The Kier molecular flexibility index (Phi) is 10.6. The second-order valence-electron chi connectivity index (χ2n) is 7.11. The van der Waals surface area contributed by atoms with E-state index in [1.54, 1.807) is 12.1 Å². The van der Waals surface area contributed by atoms with Crippen molar-refractivity contribution in [3.63, 3.8) is 0 Å². The summed E-state index contributed by atoms with van der Waals surface area (Å²) in [5.74, 6) is 2.18.